The molecule has 2 aliphatic carbocycles. The first kappa shape index (κ1) is 28.7. The van der Waals surface area contributed by atoms with E-state index in [9.17, 15) is 18.7 Å². The van der Waals surface area contributed by atoms with Crippen LogP contribution >= 0.6 is 0 Å². The second-order valence-corrected chi connectivity index (χ2v) is 14.7. The van der Waals surface area contributed by atoms with E-state index in [1.807, 2.05) is 32.0 Å². The molecule has 0 radical (unpaired) electrons. The summed E-state index contributed by atoms with van der Waals surface area (Å²) in [6.45, 7) is 17.4. The number of hydrogen-bond donors (Lipinski definition) is 0. The van der Waals surface area contributed by atoms with Gasteiger partial charge in [-0.05, 0) is 62.6 Å². The quantitative estimate of drug-likeness (QED) is 0.104. The molecule has 0 N–H and O–H groups in total. The Morgan fingerprint density at radius 3 is 2.41 bits per heavy atom. The van der Waals surface area contributed by atoms with Gasteiger partial charge in [0.1, 0.15) is 6.10 Å². The number of carbonyl (C=O) groups excluding carboxylic acids is 1. The van der Waals surface area contributed by atoms with E-state index in [2.05, 4.69) is 30.5 Å². The van der Waals surface area contributed by atoms with E-state index in [-0.39, 0.29) is 10.9 Å². The molecule has 0 saturated heterocycles. The number of rotatable bonds is 5. The number of hydrogen-bond acceptors (Lipinski definition) is 5. The van der Waals surface area contributed by atoms with Crippen molar-refractivity contribution in [1.82, 2.24) is 3.97 Å². The second-order valence-electron chi connectivity index (χ2n) is 12.9. The summed E-state index contributed by atoms with van der Waals surface area (Å²) < 4.78 is 35.5. The summed E-state index contributed by atoms with van der Waals surface area (Å²) >= 11 is 0. The molecule has 2 aromatic carbocycles. The van der Waals surface area contributed by atoms with Crippen molar-refractivity contribution in [2.75, 3.05) is 0 Å². The summed E-state index contributed by atoms with van der Waals surface area (Å²) in [5, 5.41) is 5.09. The fraction of sp³-hybridized carbons (Fsp3) is 0.406. The molecular formula is C32H36N4O4S. The van der Waals surface area contributed by atoms with Gasteiger partial charge in [0.15, 0.2) is 0 Å². The number of aryl methyl sites for hydroxylation is 1. The molecule has 9 heteroatoms. The number of azide groups is 1. The maximum atomic E-state index is 14.0. The molecule has 0 aliphatic heterocycles. The molecular weight excluding hydrogens is 536 g/mol. The minimum absolute atomic E-state index is 0.185. The normalized spacial score (nSPS) is 23.5. The SMILES string of the molecule is C=C[C@]1(C)[C@H](N=[N+]=[N-])C2=C(C[C@H]1OC(=O)C(C)(C)C)C(C)(C)c1cccc3c1c2cn3S(=O)(=O)c1ccc(C)cc1. The van der Waals surface area contributed by atoms with Gasteiger partial charge in [-0.3, -0.25) is 4.79 Å². The molecule has 0 amide bonds. The minimum Gasteiger partial charge on any atom is -0.461 e. The molecule has 8 nitrogen and oxygen atoms in total. The van der Waals surface area contributed by atoms with Gasteiger partial charge in [0.25, 0.3) is 10.0 Å². The fourth-order valence-corrected chi connectivity index (χ4v) is 7.55. The highest BCUT2D eigenvalue weighted by Gasteiger charge is 2.53. The molecule has 0 spiro atoms. The first-order valence-electron chi connectivity index (χ1n) is 13.7. The molecule has 214 valence electrons. The van der Waals surface area contributed by atoms with E-state index in [1.165, 1.54) is 3.97 Å². The first-order chi connectivity index (χ1) is 19.1. The molecule has 3 aromatic rings. The summed E-state index contributed by atoms with van der Waals surface area (Å²) in [5.74, 6) is -0.355. The van der Waals surface area contributed by atoms with Crippen LogP contribution in [-0.4, -0.2) is 30.5 Å². The van der Waals surface area contributed by atoms with Crippen LogP contribution in [0.3, 0.4) is 0 Å². The largest absolute Gasteiger partial charge is 0.461 e. The van der Waals surface area contributed by atoms with Crippen molar-refractivity contribution in [3.63, 3.8) is 0 Å². The Bertz CT molecular complexity index is 1790. The number of fused-ring (bicyclic) bond motifs is 1. The highest BCUT2D eigenvalue weighted by molar-refractivity contribution is 7.90. The summed E-state index contributed by atoms with van der Waals surface area (Å²) in [6.07, 6.45) is 3.09. The van der Waals surface area contributed by atoms with E-state index in [0.29, 0.717) is 17.5 Å². The van der Waals surface area contributed by atoms with E-state index >= 15 is 0 Å². The molecule has 0 bridgehead atoms. The van der Waals surface area contributed by atoms with Crippen LogP contribution in [0.2, 0.25) is 0 Å². The van der Waals surface area contributed by atoms with Gasteiger partial charge in [0.2, 0.25) is 0 Å². The molecule has 0 unspecified atom stereocenters. The van der Waals surface area contributed by atoms with Gasteiger partial charge in [-0.15, -0.1) is 6.58 Å². The molecule has 3 atom stereocenters. The number of aromatic nitrogens is 1. The maximum absolute atomic E-state index is 14.0. The van der Waals surface area contributed by atoms with Crippen LogP contribution in [-0.2, 0) is 25.0 Å². The Morgan fingerprint density at radius 2 is 1.83 bits per heavy atom. The summed E-state index contributed by atoms with van der Waals surface area (Å²) in [7, 11) is -3.94. The van der Waals surface area contributed by atoms with Crippen LogP contribution in [0.25, 0.3) is 26.9 Å². The number of esters is 1. The van der Waals surface area contributed by atoms with E-state index in [4.69, 9.17) is 4.74 Å². The summed E-state index contributed by atoms with van der Waals surface area (Å²) in [5.41, 5.74) is 12.4. The molecule has 1 heterocycles. The van der Waals surface area contributed by atoms with Gasteiger partial charge in [-0.2, -0.15) is 0 Å². The van der Waals surface area contributed by atoms with Crippen molar-refractivity contribution in [2.24, 2.45) is 15.9 Å². The molecule has 41 heavy (non-hydrogen) atoms. The lowest BCUT2D eigenvalue weighted by molar-refractivity contribution is -0.164. The number of ether oxygens (including phenoxy) is 1. The molecule has 1 aromatic heterocycles. The Balaban J connectivity index is 1.81. The average Bonchev–Trinajstić information content (AvgIpc) is 3.30. The van der Waals surface area contributed by atoms with Gasteiger partial charge in [-0.25, -0.2) is 12.4 Å². The van der Waals surface area contributed by atoms with Crippen molar-refractivity contribution in [2.45, 2.75) is 77.3 Å². The predicted molar refractivity (Wildman–Crippen MR) is 161 cm³/mol. The van der Waals surface area contributed by atoms with Gasteiger partial charge < -0.3 is 4.74 Å². The van der Waals surface area contributed by atoms with Crippen molar-refractivity contribution in [3.8, 4) is 0 Å². The van der Waals surface area contributed by atoms with Crippen molar-refractivity contribution in [3.05, 3.63) is 94.0 Å². The second kappa shape index (κ2) is 9.36. The van der Waals surface area contributed by atoms with Crippen molar-refractivity contribution < 1.29 is 17.9 Å². The van der Waals surface area contributed by atoms with Crippen LogP contribution in [0.4, 0.5) is 0 Å². The molecule has 0 fully saturated rings. The Labute approximate surface area is 241 Å². The topological polar surface area (TPSA) is 114 Å². The number of benzene rings is 2. The Hall–Kier alpha value is -3.81. The zero-order valence-electron chi connectivity index (χ0n) is 24.6. The molecule has 0 saturated carbocycles. The lowest BCUT2D eigenvalue weighted by Crippen LogP contribution is -2.50. The van der Waals surface area contributed by atoms with Crippen LogP contribution in [0.1, 0.15) is 64.7 Å². The first-order valence-corrected chi connectivity index (χ1v) is 15.1. The third-order valence-corrected chi connectivity index (χ3v) is 10.5. The van der Waals surface area contributed by atoms with Gasteiger partial charge in [0, 0.05) is 39.3 Å². The van der Waals surface area contributed by atoms with Crippen molar-refractivity contribution >= 4 is 32.5 Å². The van der Waals surface area contributed by atoms with Crippen LogP contribution in [0.5, 0.6) is 0 Å². The van der Waals surface area contributed by atoms with E-state index in [0.717, 1.165) is 27.7 Å². The van der Waals surface area contributed by atoms with Crippen molar-refractivity contribution in [1.29, 1.82) is 0 Å². The smallest absolute Gasteiger partial charge is 0.311 e. The highest BCUT2D eigenvalue weighted by atomic mass is 32.2. The summed E-state index contributed by atoms with van der Waals surface area (Å²) in [4.78, 5) is 16.5. The van der Waals surface area contributed by atoms with E-state index < -0.39 is 38.4 Å². The standard InChI is InChI=1S/C32H36N4O4S/c1-9-32(8)25(40-29(37)30(3,4)5)17-23-27(28(32)34-35-33)21-18-36(41(38,39)20-15-13-19(2)14-16-20)24-12-10-11-22(26(21)24)31(23,6)7/h9-16,18,25,28H,1,17H2,2-8H3/t25-,28-,32+/m1/s1. The summed E-state index contributed by atoms with van der Waals surface area (Å²) in [6, 6.07) is 11.7. The third-order valence-electron chi connectivity index (χ3n) is 8.83. The fourth-order valence-electron chi connectivity index (χ4n) is 6.19. The third kappa shape index (κ3) is 4.21. The predicted octanol–water partition coefficient (Wildman–Crippen LogP) is 7.46. The lowest BCUT2D eigenvalue weighted by Gasteiger charge is -2.50. The number of carbonyl (C=O) groups is 1. The average molecular weight is 573 g/mol. The van der Waals surface area contributed by atoms with Crippen LogP contribution < -0.4 is 0 Å². The number of nitrogens with zero attached hydrogens (tertiary/aromatic N) is 4. The van der Waals surface area contributed by atoms with Gasteiger partial charge in [-0.1, -0.05) is 67.4 Å². The molecule has 5 rings (SSSR count). The Kier molecular flexibility index (Phi) is 6.56. The lowest BCUT2D eigenvalue weighted by atomic mass is 9.58. The Morgan fingerprint density at radius 1 is 1.17 bits per heavy atom. The minimum atomic E-state index is -3.94. The monoisotopic (exact) mass is 572 g/mol. The maximum Gasteiger partial charge on any atom is 0.311 e. The zero-order valence-corrected chi connectivity index (χ0v) is 25.4. The zero-order chi connectivity index (χ0) is 30.1. The van der Waals surface area contributed by atoms with Gasteiger partial charge in [0.05, 0.1) is 21.9 Å². The molecule has 2 aliphatic rings. The van der Waals surface area contributed by atoms with E-state index in [1.54, 1.807) is 57.3 Å². The van der Waals surface area contributed by atoms with Gasteiger partial charge >= 0.3 is 5.97 Å². The highest BCUT2D eigenvalue weighted by Crippen LogP contribution is 2.57. The van der Waals surface area contributed by atoms with Crippen LogP contribution in [0, 0.1) is 17.8 Å². The van der Waals surface area contributed by atoms with Crippen LogP contribution in [0.15, 0.2) is 76.9 Å².